The van der Waals surface area contributed by atoms with Crippen LogP contribution in [0.1, 0.15) is 17.3 Å². The van der Waals surface area contributed by atoms with Crippen molar-refractivity contribution in [1.29, 1.82) is 0 Å². The number of carbonyl (C=O) groups is 2. The molecule has 1 aliphatic heterocycles. The summed E-state index contributed by atoms with van der Waals surface area (Å²) in [7, 11) is 1.51. The van der Waals surface area contributed by atoms with Gasteiger partial charge in [-0.1, -0.05) is 12.2 Å². The summed E-state index contributed by atoms with van der Waals surface area (Å²) in [4.78, 5) is 27.3. The van der Waals surface area contributed by atoms with Crippen molar-refractivity contribution in [1.82, 2.24) is 0 Å². The number of hydroxylamine groups is 1. The van der Waals surface area contributed by atoms with Gasteiger partial charge >= 0.3 is 0 Å². The number of hydrogen-bond acceptors (Lipinski definition) is 5. The van der Waals surface area contributed by atoms with Crippen LogP contribution in [-0.4, -0.2) is 29.7 Å². The van der Waals surface area contributed by atoms with E-state index in [-0.39, 0.29) is 17.4 Å². The molecule has 23 heavy (non-hydrogen) atoms. The Morgan fingerprint density at radius 1 is 1.22 bits per heavy atom. The summed E-state index contributed by atoms with van der Waals surface area (Å²) in [5.41, 5.74) is 1.97. The van der Waals surface area contributed by atoms with E-state index >= 15 is 0 Å². The lowest BCUT2D eigenvalue weighted by Crippen LogP contribution is -2.17. The Labute approximate surface area is 132 Å². The normalized spacial score (nSPS) is 16.0. The second-order valence-corrected chi connectivity index (χ2v) is 5.05. The molecule has 0 saturated heterocycles. The SMILES string of the molecule is COc1ccc2c(c1)C(=O)C(=C1C=CC(=NC(C)=O)C=C1)N2O. The lowest BCUT2D eigenvalue weighted by atomic mass is 10.0. The smallest absolute Gasteiger partial charge is 0.243 e. The van der Waals surface area contributed by atoms with Crippen LogP contribution >= 0.6 is 0 Å². The summed E-state index contributed by atoms with van der Waals surface area (Å²) in [6, 6.07) is 4.89. The lowest BCUT2D eigenvalue weighted by molar-refractivity contribution is -0.115. The topological polar surface area (TPSA) is 79.2 Å². The van der Waals surface area contributed by atoms with Crippen LogP contribution in [0, 0.1) is 0 Å². The van der Waals surface area contributed by atoms with E-state index in [0.29, 0.717) is 28.3 Å². The average molecular weight is 310 g/mol. The molecule has 1 aromatic carbocycles. The summed E-state index contributed by atoms with van der Waals surface area (Å²) < 4.78 is 5.11. The molecule has 2 aliphatic rings. The number of nitrogens with zero attached hydrogens (tertiary/aromatic N) is 2. The predicted octanol–water partition coefficient (Wildman–Crippen LogP) is 2.45. The first kappa shape index (κ1) is 14.9. The third-order valence-corrected chi connectivity index (χ3v) is 3.53. The molecule has 0 unspecified atom stereocenters. The molecule has 0 atom stereocenters. The molecule has 0 fully saturated rings. The molecule has 0 bridgehead atoms. The van der Waals surface area contributed by atoms with Crippen molar-refractivity contribution >= 4 is 23.1 Å². The first-order valence-electron chi connectivity index (χ1n) is 6.92. The van der Waals surface area contributed by atoms with Gasteiger partial charge in [0.05, 0.1) is 24.1 Å². The molecule has 6 heteroatoms. The molecule has 116 valence electrons. The number of carbonyl (C=O) groups excluding carboxylic acids is 2. The van der Waals surface area contributed by atoms with E-state index in [1.54, 1.807) is 42.5 Å². The van der Waals surface area contributed by atoms with Crippen molar-refractivity contribution in [3.05, 3.63) is 59.3 Å². The van der Waals surface area contributed by atoms with Gasteiger partial charge in [0.25, 0.3) is 0 Å². The molecule has 1 aromatic rings. The van der Waals surface area contributed by atoms with Gasteiger partial charge in [-0.15, -0.1) is 0 Å². The van der Waals surface area contributed by atoms with Crippen molar-refractivity contribution in [3.63, 3.8) is 0 Å². The first-order chi connectivity index (χ1) is 11.0. The molecule has 0 saturated carbocycles. The summed E-state index contributed by atoms with van der Waals surface area (Å²) in [6.07, 6.45) is 6.52. The largest absolute Gasteiger partial charge is 0.497 e. The minimum absolute atomic E-state index is 0.155. The van der Waals surface area contributed by atoms with Gasteiger partial charge in [0.15, 0.2) is 0 Å². The van der Waals surface area contributed by atoms with Crippen molar-refractivity contribution < 1.29 is 19.5 Å². The Hall–Kier alpha value is -2.99. The highest BCUT2D eigenvalue weighted by Crippen LogP contribution is 2.37. The van der Waals surface area contributed by atoms with Gasteiger partial charge in [0, 0.05) is 12.5 Å². The van der Waals surface area contributed by atoms with Crippen molar-refractivity contribution in [2.24, 2.45) is 4.99 Å². The van der Waals surface area contributed by atoms with Gasteiger partial charge in [0.2, 0.25) is 11.7 Å². The van der Waals surface area contributed by atoms with Gasteiger partial charge in [-0.05, 0) is 30.4 Å². The Bertz CT molecular complexity index is 813. The van der Waals surface area contributed by atoms with Crippen molar-refractivity contribution in [3.8, 4) is 5.75 Å². The van der Waals surface area contributed by atoms with Crippen LogP contribution in [0.2, 0.25) is 0 Å². The number of ether oxygens (including phenoxy) is 1. The van der Waals surface area contributed by atoms with Crippen LogP contribution in [0.3, 0.4) is 0 Å². The van der Waals surface area contributed by atoms with E-state index in [2.05, 4.69) is 4.99 Å². The third-order valence-electron chi connectivity index (χ3n) is 3.53. The molecule has 1 heterocycles. The lowest BCUT2D eigenvalue weighted by Gasteiger charge is -2.14. The fourth-order valence-electron chi connectivity index (χ4n) is 2.48. The number of anilines is 1. The zero-order valence-corrected chi connectivity index (χ0v) is 12.6. The van der Waals surface area contributed by atoms with Gasteiger partial charge in [0.1, 0.15) is 11.4 Å². The Kier molecular flexibility index (Phi) is 3.67. The van der Waals surface area contributed by atoms with Crippen molar-refractivity contribution in [2.45, 2.75) is 6.92 Å². The number of ketones is 1. The van der Waals surface area contributed by atoms with E-state index in [0.717, 1.165) is 5.06 Å². The van der Waals surface area contributed by atoms with Crippen molar-refractivity contribution in [2.75, 3.05) is 12.2 Å². The summed E-state index contributed by atoms with van der Waals surface area (Å²) in [6.45, 7) is 1.36. The van der Waals surface area contributed by atoms with Gasteiger partial charge in [-0.3, -0.25) is 14.8 Å². The Morgan fingerprint density at radius 2 is 1.91 bits per heavy atom. The molecule has 1 aliphatic carbocycles. The standard InChI is InChI=1S/C17H14N2O4/c1-10(20)18-12-5-3-11(4-6-12)16-17(21)14-9-13(23-2)7-8-15(14)19(16)22/h3-9,22H,1-2H3. The number of amides is 1. The molecule has 0 aromatic heterocycles. The van der Waals surface area contributed by atoms with E-state index in [9.17, 15) is 14.8 Å². The van der Waals surface area contributed by atoms with E-state index in [4.69, 9.17) is 4.74 Å². The second-order valence-electron chi connectivity index (χ2n) is 5.05. The Balaban J connectivity index is 2.01. The third kappa shape index (κ3) is 2.60. The Morgan fingerprint density at radius 3 is 2.52 bits per heavy atom. The monoisotopic (exact) mass is 310 g/mol. The average Bonchev–Trinajstić information content (AvgIpc) is 2.79. The zero-order chi connectivity index (χ0) is 16.6. The van der Waals surface area contributed by atoms with Crippen LogP contribution in [0.4, 0.5) is 5.69 Å². The maximum absolute atomic E-state index is 12.6. The number of hydrogen-bond donors (Lipinski definition) is 1. The van der Waals surface area contributed by atoms with Gasteiger partial charge in [-0.2, -0.15) is 0 Å². The highest BCUT2D eigenvalue weighted by atomic mass is 16.5. The number of rotatable bonds is 1. The molecule has 0 radical (unpaired) electrons. The number of allylic oxidation sites excluding steroid dienone is 6. The molecule has 1 amide bonds. The second kappa shape index (κ2) is 5.66. The molecule has 1 N–H and O–H groups in total. The first-order valence-corrected chi connectivity index (χ1v) is 6.92. The van der Waals surface area contributed by atoms with Crippen LogP contribution < -0.4 is 9.80 Å². The maximum Gasteiger partial charge on any atom is 0.243 e. The quantitative estimate of drug-likeness (QED) is 0.806. The molecule has 0 spiro atoms. The minimum Gasteiger partial charge on any atom is -0.497 e. The maximum atomic E-state index is 12.6. The minimum atomic E-state index is -0.300. The van der Waals surface area contributed by atoms with E-state index in [1.807, 2.05) is 0 Å². The summed E-state index contributed by atoms with van der Waals surface area (Å²) in [5.74, 6) is -0.0503. The fraction of sp³-hybridized carbons (Fsp3) is 0.118. The number of methoxy groups -OCH3 is 1. The van der Waals surface area contributed by atoms with Crippen LogP contribution in [0.5, 0.6) is 5.75 Å². The molecular formula is C17H14N2O4. The molecule has 6 nitrogen and oxygen atoms in total. The zero-order valence-electron chi connectivity index (χ0n) is 12.6. The summed E-state index contributed by atoms with van der Waals surface area (Å²) >= 11 is 0. The highest BCUT2D eigenvalue weighted by Gasteiger charge is 2.33. The van der Waals surface area contributed by atoms with Crippen LogP contribution in [-0.2, 0) is 4.79 Å². The number of Topliss-reactive ketones (excluding diaryl/α,β-unsaturated/α-hetero) is 1. The number of fused-ring (bicyclic) bond motifs is 1. The number of aliphatic imine (C=N–C) groups is 1. The summed E-state index contributed by atoms with van der Waals surface area (Å²) in [5, 5.41) is 11.2. The van der Waals surface area contributed by atoms with Gasteiger partial charge in [-0.25, -0.2) is 10.1 Å². The molecular weight excluding hydrogens is 296 g/mol. The molecule has 3 rings (SSSR count). The fourth-order valence-corrected chi connectivity index (χ4v) is 2.48. The van der Waals surface area contributed by atoms with Crippen LogP contribution in [0.25, 0.3) is 0 Å². The van der Waals surface area contributed by atoms with Crippen LogP contribution in [0.15, 0.2) is 58.8 Å². The van der Waals surface area contributed by atoms with E-state index in [1.165, 1.54) is 14.0 Å². The number of benzene rings is 1. The van der Waals surface area contributed by atoms with E-state index < -0.39 is 0 Å². The predicted molar refractivity (Wildman–Crippen MR) is 85.0 cm³/mol. The van der Waals surface area contributed by atoms with Gasteiger partial charge < -0.3 is 4.74 Å². The highest BCUT2D eigenvalue weighted by molar-refractivity contribution is 6.20.